The van der Waals surface area contributed by atoms with Crippen LogP contribution in [0.15, 0.2) is 65.8 Å². The van der Waals surface area contributed by atoms with Gasteiger partial charge in [0.2, 0.25) is 12.7 Å². The highest BCUT2D eigenvalue weighted by atomic mass is 32.2. The van der Waals surface area contributed by atoms with E-state index in [0.29, 0.717) is 46.9 Å². The third-order valence-corrected chi connectivity index (χ3v) is 6.58. The maximum absolute atomic E-state index is 12.5. The summed E-state index contributed by atoms with van der Waals surface area (Å²) in [6.07, 6.45) is 0.673. The average molecular weight is 519 g/mol. The van der Waals surface area contributed by atoms with Crippen LogP contribution >= 0.6 is 11.8 Å². The lowest BCUT2D eigenvalue weighted by Gasteiger charge is -2.11. The lowest BCUT2D eigenvalue weighted by atomic mass is 10.1. The molecule has 1 aliphatic rings. The van der Waals surface area contributed by atoms with Gasteiger partial charge in [0, 0.05) is 23.7 Å². The number of hydrogen-bond donors (Lipinski definition) is 2. The summed E-state index contributed by atoms with van der Waals surface area (Å²) in [7, 11) is 3.20. The van der Waals surface area contributed by atoms with E-state index in [1.807, 2.05) is 60.7 Å². The highest BCUT2D eigenvalue weighted by molar-refractivity contribution is 7.99. The van der Waals surface area contributed by atoms with Gasteiger partial charge >= 0.3 is 0 Å². The Bertz CT molecular complexity index is 1430. The SMILES string of the molecule is COc1ccc(CCNC(=O)CSc2nc(Nc3ccc4c(c3)OCO4)c3ccccc3n2)cc1OC. The molecule has 0 aliphatic carbocycles. The molecular weight excluding hydrogens is 492 g/mol. The standard InChI is InChI=1S/C27H26N4O5S/c1-33-21-9-7-17(13-23(21)34-2)11-12-28-25(32)15-37-27-30-20-6-4-3-5-19(20)26(31-27)29-18-8-10-22-24(14-18)36-16-35-22/h3-10,13-14H,11-12,15-16H2,1-2H3,(H,28,32)(H,29,30,31). The predicted octanol–water partition coefficient (Wildman–Crippen LogP) is 4.57. The number of fused-ring (bicyclic) bond motifs is 2. The van der Waals surface area contributed by atoms with Gasteiger partial charge in [-0.3, -0.25) is 4.79 Å². The number of thioether (sulfide) groups is 1. The Morgan fingerprint density at radius 2 is 1.81 bits per heavy atom. The second-order valence-corrected chi connectivity index (χ2v) is 9.09. The Labute approximate surface area is 218 Å². The molecule has 0 atom stereocenters. The Hall–Kier alpha value is -4.18. The average Bonchev–Trinajstić information content (AvgIpc) is 3.40. The van der Waals surface area contributed by atoms with Crippen LogP contribution in [0.1, 0.15) is 5.56 Å². The highest BCUT2D eigenvalue weighted by Gasteiger charge is 2.15. The van der Waals surface area contributed by atoms with Crippen molar-refractivity contribution in [3.63, 3.8) is 0 Å². The first-order valence-corrected chi connectivity index (χ1v) is 12.7. The third kappa shape index (κ3) is 5.80. The van der Waals surface area contributed by atoms with E-state index in [-0.39, 0.29) is 18.5 Å². The number of benzene rings is 3. The van der Waals surface area contributed by atoms with Gasteiger partial charge in [-0.25, -0.2) is 9.97 Å². The Morgan fingerprint density at radius 1 is 0.973 bits per heavy atom. The molecule has 0 spiro atoms. The molecule has 0 saturated heterocycles. The van der Waals surface area contributed by atoms with Gasteiger partial charge in [0.1, 0.15) is 5.82 Å². The maximum atomic E-state index is 12.5. The number of nitrogens with one attached hydrogen (secondary N) is 2. The molecule has 10 heteroatoms. The van der Waals surface area contributed by atoms with Crippen LogP contribution in [0.2, 0.25) is 0 Å². The van der Waals surface area contributed by atoms with Gasteiger partial charge in [-0.2, -0.15) is 0 Å². The van der Waals surface area contributed by atoms with Gasteiger partial charge in [-0.15, -0.1) is 0 Å². The number of methoxy groups -OCH3 is 2. The first kappa shape index (κ1) is 24.5. The largest absolute Gasteiger partial charge is 0.493 e. The lowest BCUT2D eigenvalue weighted by molar-refractivity contribution is -0.118. The van der Waals surface area contributed by atoms with Crippen LogP contribution in [-0.2, 0) is 11.2 Å². The predicted molar refractivity (Wildman–Crippen MR) is 142 cm³/mol. The topological polar surface area (TPSA) is 104 Å². The minimum absolute atomic E-state index is 0.0903. The molecule has 1 aromatic heterocycles. The molecule has 3 aromatic carbocycles. The molecule has 2 N–H and O–H groups in total. The van der Waals surface area contributed by atoms with Crippen LogP contribution in [0.3, 0.4) is 0 Å². The molecule has 1 aliphatic heterocycles. The first-order valence-electron chi connectivity index (χ1n) is 11.7. The van der Waals surface area contributed by atoms with Crippen molar-refractivity contribution in [2.24, 2.45) is 0 Å². The molecule has 0 fully saturated rings. The number of hydrogen-bond acceptors (Lipinski definition) is 9. The van der Waals surface area contributed by atoms with Crippen LogP contribution in [-0.4, -0.2) is 49.2 Å². The van der Waals surface area contributed by atoms with Gasteiger partial charge in [-0.1, -0.05) is 30.0 Å². The number of amides is 1. The zero-order valence-electron chi connectivity index (χ0n) is 20.4. The van der Waals surface area contributed by atoms with Crippen molar-refractivity contribution in [3.05, 3.63) is 66.2 Å². The molecule has 1 amide bonds. The van der Waals surface area contributed by atoms with E-state index in [1.165, 1.54) is 11.8 Å². The van der Waals surface area contributed by atoms with Gasteiger partial charge in [0.25, 0.3) is 0 Å². The Balaban J connectivity index is 1.21. The fraction of sp³-hybridized carbons (Fsp3) is 0.222. The molecule has 0 radical (unpaired) electrons. The summed E-state index contributed by atoms with van der Waals surface area (Å²) < 4.78 is 21.5. The van der Waals surface area contributed by atoms with E-state index in [1.54, 1.807) is 14.2 Å². The number of aromatic nitrogens is 2. The third-order valence-electron chi connectivity index (χ3n) is 5.73. The molecular formula is C27H26N4O5S. The van der Waals surface area contributed by atoms with E-state index < -0.39 is 0 Å². The minimum atomic E-state index is -0.0903. The monoisotopic (exact) mass is 518 g/mol. The number of carbonyl (C=O) groups is 1. The Morgan fingerprint density at radius 3 is 2.68 bits per heavy atom. The second-order valence-electron chi connectivity index (χ2n) is 8.14. The van der Waals surface area contributed by atoms with Crippen LogP contribution in [0.4, 0.5) is 11.5 Å². The van der Waals surface area contributed by atoms with Gasteiger partial charge < -0.3 is 29.6 Å². The normalized spacial score (nSPS) is 11.8. The molecule has 37 heavy (non-hydrogen) atoms. The smallest absolute Gasteiger partial charge is 0.231 e. The van der Waals surface area contributed by atoms with E-state index in [4.69, 9.17) is 18.9 Å². The van der Waals surface area contributed by atoms with Gasteiger partial charge in [-0.05, 0) is 48.4 Å². The van der Waals surface area contributed by atoms with Crippen molar-refractivity contribution >= 4 is 40.1 Å². The van der Waals surface area contributed by atoms with Crippen molar-refractivity contribution in [1.29, 1.82) is 0 Å². The molecule has 0 unspecified atom stereocenters. The first-order chi connectivity index (χ1) is 18.1. The number of rotatable bonds is 10. The fourth-order valence-electron chi connectivity index (χ4n) is 3.89. The number of carbonyl (C=O) groups excluding carboxylic acids is 1. The summed E-state index contributed by atoms with van der Waals surface area (Å²) in [6, 6.07) is 19.1. The summed E-state index contributed by atoms with van der Waals surface area (Å²) in [5.41, 5.74) is 2.65. The van der Waals surface area contributed by atoms with E-state index in [0.717, 1.165) is 22.2 Å². The van der Waals surface area contributed by atoms with Crippen molar-refractivity contribution in [3.8, 4) is 23.0 Å². The Kier molecular flexibility index (Phi) is 7.46. The van der Waals surface area contributed by atoms with Gasteiger partial charge in [0.15, 0.2) is 28.2 Å². The molecule has 4 aromatic rings. The van der Waals surface area contributed by atoms with Crippen LogP contribution in [0.25, 0.3) is 10.9 Å². The summed E-state index contributed by atoms with van der Waals surface area (Å²) in [5, 5.41) is 7.70. The molecule has 5 rings (SSSR count). The van der Waals surface area contributed by atoms with E-state index in [2.05, 4.69) is 20.6 Å². The van der Waals surface area contributed by atoms with Crippen LogP contribution in [0, 0.1) is 0 Å². The van der Waals surface area contributed by atoms with Crippen molar-refractivity contribution in [2.75, 3.05) is 38.6 Å². The molecule has 0 bridgehead atoms. The molecule has 190 valence electrons. The minimum Gasteiger partial charge on any atom is -0.493 e. The quantitative estimate of drug-likeness (QED) is 0.231. The van der Waals surface area contributed by atoms with Crippen LogP contribution in [0.5, 0.6) is 23.0 Å². The number of para-hydroxylation sites is 1. The summed E-state index contributed by atoms with van der Waals surface area (Å²) in [6.45, 7) is 0.719. The van der Waals surface area contributed by atoms with Crippen molar-refractivity contribution in [1.82, 2.24) is 15.3 Å². The van der Waals surface area contributed by atoms with Crippen molar-refractivity contribution in [2.45, 2.75) is 11.6 Å². The van der Waals surface area contributed by atoms with E-state index in [9.17, 15) is 4.79 Å². The van der Waals surface area contributed by atoms with E-state index >= 15 is 0 Å². The molecule has 9 nitrogen and oxygen atoms in total. The zero-order chi connectivity index (χ0) is 25.6. The fourth-order valence-corrected chi connectivity index (χ4v) is 4.57. The second kappa shape index (κ2) is 11.3. The van der Waals surface area contributed by atoms with Crippen molar-refractivity contribution < 1.29 is 23.7 Å². The summed E-state index contributed by atoms with van der Waals surface area (Å²) >= 11 is 1.29. The summed E-state index contributed by atoms with van der Waals surface area (Å²) in [4.78, 5) is 21.8. The van der Waals surface area contributed by atoms with Crippen LogP contribution < -0.4 is 29.6 Å². The maximum Gasteiger partial charge on any atom is 0.231 e. The number of ether oxygens (including phenoxy) is 4. The summed E-state index contributed by atoms with van der Waals surface area (Å²) in [5.74, 6) is 3.51. The lowest BCUT2D eigenvalue weighted by Crippen LogP contribution is -2.27. The highest BCUT2D eigenvalue weighted by Crippen LogP contribution is 2.36. The van der Waals surface area contributed by atoms with Gasteiger partial charge in [0.05, 0.1) is 25.5 Å². The molecule has 2 heterocycles. The zero-order valence-corrected chi connectivity index (χ0v) is 21.3. The molecule has 0 saturated carbocycles. The number of anilines is 2. The number of nitrogens with zero attached hydrogens (tertiary/aromatic N) is 2.